The van der Waals surface area contributed by atoms with Crippen LogP contribution in [-0.2, 0) is 10.2 Å². The van der Waals surface area contributed by atoms with Crippen LogP contribution in [0, 0.1) is 5.92 Å². The minimum Gasteiger partial charge on any atom is -0.496 e. The molecule has 2 heterocycles. The lowest BCUT2D eigenvalue weighted by atomic mass is 9.73. The van der Waals surface area contributed by atoms with Crippen LogP contribution in [0.3, 0.4) is 0 Å². The third-order valence-electron chi connectivity index (χ3n) is 5.45. The third-order valence-corrected chi connectivity index (χ3v) is 5.69. The van der Waals surface area contributed by atoms with E-state index in [0.717, 1.165) is 56.5 Å². The molecule has 2 saturated heterocycles. The van der Waals surface area contributed by atoms with E-state index < -0.39 is 0 Å². The van der Waals surface area contributed by atoms with Crippen LogP contribution in [0.2, 0.25) is 5.02 Å². The van der Waals surface area contributed by atoms with Crippen LogP contribution in [0.15, 0.2) is 18.2 Å². The summed E-state index contributed by atoms with van der Waals surface area (Å²) in [6, 6.07) is 6.42. The molecule has 3 N–H and O–H groups in total. The minimum atomic E-state index is 0.0111. The fourth-order valence-corrected chi connectivity index (χ4v) is 3.96. The van der Waals surface area contributed by atoms with Gasteiger partial charge in [-0.2, -0.15) is 0 Å². The van der Waals surface area contributed by atoms with E-state index in [0.29, 0.717) is 12.0 Å². The van der Waals surface area contributed by atoms with Gasteiger partial charge in [-0.3, -0.25) is 10.9 Å². The summed E-state index contributed by atoms with van der Waals surface area (Å²) in [5.41, 5.74) is 7.72. The molecule has 0 saturated carbocycles. The Labute approximate surface area is 149 Å². The van der Waals surface area contributed by atoms with Gasteiger partial charge in [0.15, 0.2) is 0 Å². The van der Waals surface area contributed by atoms with Crippen molar-refractivity contribution in [3.63, 3.8) is 0 Å². The SMILES string of the molecule is COc1ccc(Cl)cc1C1(CNCC2CNNC2C)CCOCC1. The smallest absolute Gasteiger partial charge is 0.122 e. The molecule has 2 aliphatic heterocycles. The molecule has 1 aromatic carbocycles. The molecular formula is C18H28ClN3O2. The second kappa shape index (κ2) is 8.02. The Morgan fingerprint density at radius 1 is 1.38 bits per heavy atom. The van der Waals surface area contributed by atoms with Crippen molar-refractivity contribution in [3.05, 3.63) is 28.8 Å². The molecule has 2 fully saturated rings. The molecule has 0 bridgehead atoms. The molecule has 0 aliphatic carbocycles. The molecule has 6 heteroatoms. The summed E-state index contributed by atoms with van der Waals surface area (Å²) in [5, 5.41) is 4.46. The molecule has 134 valence electrons. The monoisotopic (exact) mass is 353 g/mol. The lowest BCUT2D eigenvalue weighted by Gasteiger charge is -2.39. The first kappa shape index (κ1) is 18.0. The van der Waals surface area contributed by atoms with Crippen LogP contribution in [0.4, 0.5) is 0 Å². The first-order valence-electron chi connectivity index (χ1n) is 8.75. The summed E-state index contributed by atoms with van der Waals surface area (Å²) in [5.74, 6) is 1.52. The number of hydrogen-bond acceptors (Lipinski definition) is 5. The molecule has 2 unspecified atom stereocenters. The molecule has 24 heavy (non-hydrogen) atoms. The van der Waals surface area contributed by atoms with Gasteiger partial charge in [-0.25, -0.2) is 0 Å². The second-order valence-corrected chi connectivity index (χ2v) is 7.38. The van der Waals surface area contributed by atoms with E-state index in [1.165, 1.54) is 5.56 Å². The Balaban J connectivity index is 1.76. The normalized spacial score (nSPS) is 26.5. The van der Waals surface area contributed by atoms with Crippen molar-refractivity contribution < 1.29 is 9.47 Å². The Hall–Kier alpha value is -0.850. The summed E-state index contributed by atoms with van der Waals surface area (Å²) in [6.45, 7) is 6.69. The van der Waals surface area contributed by atoms with Gasteiger partial charge >= 0.3 is 0 Å². The van der Waals surface area contributed by atoms with Gasteiger partial charge in [-0.15, -0.1) is 0 Å². The highest BCUT2D eigenvalue weighted by Crippen LogP contribution is 2.40. The molecule has 5 nitrogen and oxygen atoms in total. The number of ether oxygens (including phenoxy) is 2. The van der Waals surface area contributed by atoms with Crippen molar-refractivity contribution in [2.24, 2.45) is 5.92 Å². The van der Waals surface area contributed by atoms with Gasteiger partial charge in [0, 0.05) is 60.8 Å². The third kappa shape index (κ3) is 3.86. The van der Waals surface area contributed by atoms with E-state index in [-0.39, 0.29) is 5.41 Å². The summed E-state index contributed by atoms with van der Waals surface area (Å²) in [7, 11) is 1.73. The first-order valence-corrected chi connectivity index (χ1v) is 9.13. The first-order chi connectivity index (χ1) is 11.6. The fraction of sp³-hybridized carbons (Fsp3) is 0.667. The van der Waals surface area contributed by atoms with Gasteiger partial charge in [0.25, 0.3) is 0 Å². The molecule has 0 spiro atoms. The number of halogens is 1. The van der Waals surface area contributed by atoms with E-state index in [4.69, 9.17) is 21.1 Å². The van der Waals surface area contributed by atoms with E-state index in [1.807, 2.05) is 12.1 Å². The highest BCUT2D eigenvalue weighted by molar-refractivity contribution is 6.30. The van der Waals surface area contributed by atoms with Crippen LogP contribution < -0.4 is 20.9 Å². The maximum atomic E-state index is 6.29. The van der Waals surface area contributed by atoms with Crippen LogP contribution >= 0.6 is 11.6 Å². The second-order valence-electron chi connectivity index (χ2n) is 6.94. The zero-order valence-electron chi connectivity index (χ0n) is 14.5. The maximum Gasteiger partial charge on any atom is 0.122 e. The summed E-state index contributed by atoms with van der Waals surface area (Å²) < 4.78 is 11.3. The minimum absolute atomic E-state index is 0.0111. The standard InChI is InChI=1S/C18H28ClN3O2/c1-13-14(11-21-22-13)10-20-12-18(5-7-24-8-6-18)16-9-15(19)3-4-17(16)23-2/h3-4,9,13-14,20-22H,5-8,10-12H2,1-2H3. The molecule has 3 rings (SSSR count). The molecule has 2 atom stereocenters. The van der Waals surface area contributed by atoms with E-state index in [2.05, 4.69) is 29.2 Å². The van der Waals surface area contributed by atoms with E-state index >= 15 is 0 Å². The highest BCUT2D eigenvalue weighted by Gasteiger charge is 2.37. The number of methoxy groups -OCH3 is 1. The van der Waals surface area contributed by atoms with Crippen molar-refractivity contribution in [1.82, 2.24) is 16.2 Å². The van der Waals surface area contributed by atoms with Crippen LogP contribution in [0.25, 0.3) is 0 Å². The predicted octanol–water partition coefficient (Wildman–Crippen LogP) is 2.10. The zero-order chi connectivity index (χ0) is 17.0. The molecule has 0 amide bonds. The predicted molar refractivity (Wildman–Crippen MR) is 96.7 cm³/mol. The van der Waals surface area contributed by atoms with Gasteiger partial charge in [-0.1, -0.05) is 11.6 Å². The average Bonchev–Trinajstić information content (AvgIpc) is 3.01. The van der Waals surface area contributed by atoms with Crippen LogP contribution in [-0.4, -0.2) is 46.0 Å². The van der Waals surface area contributed by atoms with Crippen LogP contribution in [0.1, 0.15) is 25.3 Å². The fourth-order valence-electron chi connectivity index (χ4n) is 3.79. The Morgan fingerprint density at radius 2 is 2.17 bits per heavy atom. The lowest BCUT2D eigenvalue weighted by molar-refractivity contribution is 0.0487. The van der Waals surface area contributed by atoms with Gasteiger partial charge < -0.3 is 14.8 Å². The Morgan fingerprint density at radius 3 is 2.83 bits per heavy atom. The number of rotatable bonds is 6. The van der Waals surface area contributed by atoms with Crippen molar-refractivity contribution in [2.45, 2.75) is 31.2 Å². The molecule has 2 aliphatic rings. The molecule has 1 aromatic rings. The van der Waals surface area contributed by atoms with Crippen molar-refractivity contribution in [2.75, 3.05) is 40.0 Å². The largest absolute Gasteiger partial charge is 0.496 e. The quantitative estimate of drug-likeness (QED) is 0.731. The number of benzene rings is 1. The molecular weight excluding hydrogens is 326 g/mol. The van der Waals surface area contributed by atoms with E-state index in [1.54, 1.807) is 7.11 Å². The summed E-state index contributed by atoms with van der Waals surface area (Å²) in [6.07, 6.45) is 1.96. The lowest BCUT2D eigenvalue weighted by Crippen LogP contribution is -2.45. The molecule has 0 radical (unpaired) electrons. The Bertz CT molecular complexity index is 549. The van der Waals surface area contributed by atoms with Crippen molar-refractivity contribution in [1.29, 1.82) is 0 Å². The van der Waals surface area contributed by atoms with Crippen LogP contribution in [0.5, 0.6) is 5.75 Å². The number of hydrogen-bond donors (Lipinski definition) is 3. The Kier molecular flexibility index (Phi) is 6.00. The van der Waals surface area contributed by atoms with Gasteiger partial charge in [0.05, 0.1) is 7.11 Å². The molecule has 0 aromatic heterocycles. The van der Waals surface area contributed by atoms with Gasteiger partial charge in [0.2, 0.25) is 0 Å². The van der Waals surface area contributed by atoms with Crippen molar-refractivity contribution in [3.8, 4) is 5.75 Å². The maximum absolute atomic E-state index is 6.29. The van der Waals surface area contributed by atoms with Gasteiger partial charge in [-0.05, 0) is 38.0 Å². The summed E-state index contributed by atoms with van der Waals surface area (Å²) >= 11 is 6.29. The van der Waals surface area contributed by atoms with Crippen molar-refractivity contribution >= 4 is 11.6 Å². The number of hydrazine groups is 1. The van der Waals surface area contributed by atoms with Gasteiger partial charge in [0.1, 0.15) is 5.75 Å². The topological polar surface area (TPSA) is 54.5 Å². The number of nitrogens with one attached hydrogen (secondary N) is 3. The van der Waals surface area contributed by atoms with E-state index in [9.17, 15) is 0 Å². The summed E-state index contributed by atoms with van der Waals surface area (Å²) in [4.78, 5) is 0. The highest BCUT2D eigenvalue weighted by atomic mass is 35.5. The average molecular weight is 354 g/mol. The zero-order valence-corrected chi connectivity index (χ0v) is 15.3.